The van der Waals surface area contributed by atoms with Gasteiger partial charge in [-0.1, -0.05) is 19.1 Å². The lowest BCUT2D eigenvalue weighted by Crippen LogP contribution is -2.10. The lowest BCUT2D eigenvalue weighted by Gasteiger charge is -2.19. The van der Waals surface area contributed by atoms with Crippen LogP contribution in [0.2, 0.25) is 0 Å². The van der Waals surface area contributed by atoms with Crippen molar-refractivity contribution in [3.8, 4) is 17.0 Å². The van der Waals surface area contributed by atoms with Crippen molar-refractivity contribution in [1.29, 1.82) is 0 Å². The number of ether oxygens (including phenoxy) is 1. The minimum absolute atomic E-state index is 0.558. The summed E-state index contributed by atoms with van der Waals surface area (Å²) >= 11 is 0. The summed E-state index contributed by atoms with van der Waals surface area (Å²) in [5, 5.41) is 11.8. The molecule has 2 heterocycles. The van der Waals surface area contributed by atoms with Crippen molar-refractivity contribution in [3.05, 3.63) is 35.9 Å². The van der Waals surface area contributed by atoms with Gasteiger partial charge in [-0.3, -0.25) is 0 Å². The number of nitrogens with zero attached hydrogens (tertiary/aromatic N) is 2. The van der Waals surface area contributed by atoms with Gasteiger partial charge < -0.3 is 10.1 Å². The molecule has 1 aliphatic rings. The predicted molar refractivity (Wildman–Crippen MR) is 70.6 cm³/mol. The molecule has 1 N–H and O–H groups in total. The summed E-state index contributed by atoms with van der Waals surface area (Å²) in [4.78, 5) is 0. The molecule has 0 amide bonds. The molecule has 0 bridgehead atoms. The van der Waals surface area contributed by atoms with Crippen LogP contribution in [0.25, 0.3) is 11.3 Å². The Labute approximate surface area is 106 Å². The second-order valence-electron chi connectivity index (χ2n) is 4.32. The highest BCUT2D eigenvalue weighted by molar-refractivity contribution is 5.72. The summed E-state index contributed by atoms with van der Waals surface area (Å²) < 4.78 is 5.71. The predicted octanol–water partition coefficient (Wildman–Crippen LogP) is 2.86. The third-order valence-corrected chi connectivity index (χ3v) is 2.95. The Balaban J connectivity index is 1.98. The molecule has 4 heteroatoms. The van der Waals surface area contributed by atoms with E-state index in [0.29, 0.717) is 6.61 Å². The fraction of sp³-hybridized carbons (Fsp3) is 0.286. The fourth-order valence-corrected chi connectivity index (χ4v) is 2.05. The van der Waals surface area contributed by atoms with Gasteiger partial charge >= 0.3 is 0 Å². The molecular weight excluding hydrogens is 226 g/mol. The average molecular weight is 241 g/mol. The van der Waals surface area contributed by atoms with Gasteiger partial charge in [0.15, 0.2) is 0 Å². The number of hydrogen-bond acceptors (Lipinski definition) is 4. The third kappa shape index (κ3) is 1.90. The molecule has 3 rings (SSSR count). The Bertz CT molecular complexity index is 569. The normalized spacial score (nSPS) is 12.3. The molecule has 18 heavy (non-hydrogen) atoms. The van der Waals surface area contributed by atoms with Gasteiger partial charge in [0.05, 0.1) is 0 Å². The Morgan fingerprint density at radius 1 is 1.28 bits per heavy atom. The van der Waals surface area contributed by atoms with Crippen LogP contribution < -0.4 is 10.1 Å². The van der Waals surface area contributed by atoms with Crippen molar-refractivity contribution in [2.75, 3.05) is 11.9 Å². The van der Waals surface area contributed by atoms with Gasteiger partial charge in [-0.2, -0.15) is 0 Å². The molecule has 92 valence electrons. The second kappa shape index (κ2) is 4.64. The summed E-state index contributed by atoms with van der Waals surface area (Å²) in [7, 11) is 0. The number of aromatic nitrogens is 2. The van der Waals surface area contributed by atoms with Gasteiger partial charge in [-0.05, 0) is 24.6 Å². The molecule has 0 saturated carbocycles. The number of hydrogen-bond donors (Lipinski definition) is 1. The van der Waals surface area contributed by atoms with Crippen molar-refractivity contribution in [2.24, 2.45) is 0 Å². The van der Waals surface area contributed by atoms with Crippen molar-refractivity contribution in [3.63, 3.8) is 0 Å². The lowest BCUT2D eigenvalue weighted by atomic mass is 10.0. The first kappa shape index (κ1) is 11.0. The Morgan fingerprint density at radius 2 is 2.17 bits per heavy atom. The maximum absolute atomic E-state index is 5.71. The van der Waals surface area contributed by atoms with E-state index in [2.05, 4.69) is 22.4 Å². The van der Waals surface area contributed by atoms with Crippen molar-refractivity contribution >= 4 is 5.82 Å². The standard InChI is InChI=1S/C14H15N3O/c1-2-7-15-13-8-10-9-18-12-6-4-3-5-11(12)14(10)17-16-13/h3-6,8H,2,7,9H2,1H3,(H,15,16). The van der Waals surface area contributed by atoms with Gasteiger partial charge in [0, 0.05) is 17.7 Å². The van der Waals surface area contributed by atoms with Crippen LogP contribution >= 0.6 is 0 Å². The summed E-state index contributed by atoms with van der Waals surface area (Å²) in [6, 6.07) is 9.95. The van der Waals surface area contributed by atoms with Crippen LogP contribution in [0, 0.1) is 0 Å². The van der Waals surface area contributed by atoms with Crippen LogP contribution in [0.4, 0.5) is 5.82 Å². The van der Waals surface area contributed by atoms with E-state index in [0.717, 1.165) is 41.4 Å². The Morgan fingerprint density at radius 3 is 3.06 bits per heavy atom. The molecule has 0 unspecified atom stereocenters. The molecule has 0 aliphatic carbocycles. The molecule has 0 radical (unpaired) electrons. The van der Waals surface area contributed by atoms with Crippen LogP contribution in [0.5, 0.6) is 5.75 Å². The van der Waals surface area contributed by atoms with Crippen LogP contribution in [0.1, 0.15) is 18.9 Å². The van der Waals surface area contributed by atoms with Crippen LogP contribution in [0.15, 0.2) is 30.3 Å². The SMILES string of the molecule is CCCNc1cc2c(nn1)-c1ccccc1OC2. The van der Waals surface area contributed by atoms with Crippen molar-refractivity contribution < 1.29 is 4.74 Å². The molecule has 2 aromatic rings. The molecule has 0 saturated heterocycles. The Hall–Kier alpha value is -2.10. The minimum atomic E-state index is 0.558. The molecule has 0 atom stereocenters. The number of rotatable bonds is 3. The third-order valence-electron chi connectivity index (χ3n) is 2.95. The van der Waals surface area contributed by atoms with Gasteiger partial charge in [0.25, 0.3) is 0 Å². The fourth-order valence-electron chi connectivity index (χ4n) is 2.05. The van der Waals surface area contributed by atoms with E-state index >= 15 is 0 Å². The highest BCUT2D eigenvalue weighted by Gasteiger charge is 2.18. The Kier molecular flexibility index (Phi) is 2.84. The van der Waals surface area contributed by atoms with Crippen LogP contribution in [-0.2, 0) is 6.61 Å². The van der Waals surface area contributed by atoms with Crippen LogP contribution in [-0.4, -0.2) is 16.7 Å². The van der Waals surface area contributed by atoms with E-state index in [1.54, 1.807) is 0 Å². The maximum Gasteiger partial charge on any atom is 0.149 e. The molecule has 0 fully saturated rings. The summed E-state index contributed by atoms with van der Waals surface area (Å²) in [6.45, 7) is 3.59. The van der Waals surface area contributed by atoms with E-state index in [9.17, 15) is 0 Å². The first-order valence-electron chi connectivity index (χ1n) is 6.21. The zero-order chi connectivity index (χ0) is 12.4. The molecule has 1 aliphatic heterocycles. The quantitative estimate of drug-likeness (QED) is 0.897. The summed E-state index contributed by atoms with van der Waals surface area (Å²) in [5.74, 6) is 1.70. The number of anilines is 1. The zero-order valence-electron chi connectivity index (χ0n) is 10.3. The number of para-hydroxylation sites is 1. The average Bonchev–Trinajstić information content (AvgIpc) is 2.44. The monoisotopic (exact) mass is 241 g/mol. The van der Waals surface area contributed by atoms with E-state index in [-0.39, 0.29) is 0 Å². The first-order chi connectivity index (χ1) is 8.88. The van der Waals surface area contributed by atoms with Gasteiger partial charge in [0.2, 0.25) is 0 Å². The highest BCUT2D eigenvalue weighted by Crippen LogP contribution is 2.35. The lowest BCUT2D eigenvalue weighted by molar-refractivity contribution is 0.301. The summed E-state index contributed by atoms with van der Waals surface area (Å²) in [6.07, 6.45) is 1.07. The van der Waals surface area contributed by atoms with E-state index < -0.39 is 0 Å². The van der Waals surface area contributed by atoms with Gasteiger partial charge in [-0.15, -0.1) is 10.2 Å². The maximum atomic E-state index is 5.71. The molecule has 4 nitrogen and oxygen atoms in total. The summed E-state index contributed by atoms with van der Waals surface area (Å²) in [5.41, 5.74) is 3.04. The molecule has 1 aromatic heterocycles. The molecule has 0 spiro atoms. The first-order valence-corrected chi connectivity index (χ1v) is 6.21. The minimum Gasteiger partial charge on any atom is -0.488 e. The topological polar surface area (TPSA) is 47.0 Å². The molecular formula is C14H15N3O. The second-order valence-corrected chi connectivity index (χ2v) is 4.32. The van der Waals surface area contributed by atoms with Gasteiger partial charge in [0.1, 0.15) is 23.9 Å². The van der Waals surface area contributed by atoms with Crippen LogP contribution in [0.3, 0.4) is 0 Å². The number of nitrogens with one attached hydrogen (secondary N) is 1. The largest absolute Gasteiger partial charge is 0.488 e. The zero-order valence-corrected chi connectivity index (χ0v) is 10.3. The van der Waals surface area contributed by atoms with Crippen molar-refractivity contribution in [2.45, 2.75) is 20.0 Å². The smallest absolute Gasteiger partial charge is 0.149 e. The van der Waals surface area contributed by atoms with Gasteiger partial charge in [-0.25, -0.2) is 0 Å². The van der Waals surface area contributed by atoms with E-state index in [4.69, 9.17) is 4.74 Å². The highest BCUT2D eigenvalue weighted by atomic mass is 16.5. The van der Waals surface area contributed by atoms with E-state index in [1.165, 1.54) is 0 Å². The van der Waals surface area contributed by atoms with E-state index in [1.807, 2.05) is 30.3 Å². The van der Waals surface area contributed by atoms with Crippen molar-refractivity contribution in [1.82, 2.24) is 10.2 Å². The molecule has 1 aromatic carbocycles. The number of fused-ring (bicyclic) bond motifs is 3. The number of benzene rings is 1.